The first-order valence-corrected chi connectivity index (χ1v) is 9.81. The van der Waals surface area contributed by atoms with Crippen LogP contribution in [0, 0.1) is 5.92 Å². The maximum absolute atomic E-state index is 12.7. The van der Waals surface area contributed by atoms with E-state index in [2.05, 4.69) is 15.6 Å². The number of rotatable bonds is 9. The van der Waals surface area contributed by atoms with E-state index in [0.29, 0.717) is 23.6 Å². The Balaban J connectivity index is 1.98. The molecule has 2 amide bonds. The van der Waals surface area contributed by atoms with E-state index < -0.39 is 30.4 Å². The lowest BCUT2D eigenvalue weighted by Gasteiger charge is -2.21. The molecule has 0 radical (unpaired) electrons. The number of hydrogen-bond acceptors (Lipinski definition) is 6. The van der Waals surface area contributed by atoms with Crippen LogP contribution in [0.4, 0.5) is 5.69 Å². The van der Waals surface area contributed by atoms with Crippen LogP contribution in [0.3, 0.4) is 0 Å². The predicted molar refractivity (Wildman–Crippen MR) is 113 cm³/mol. The molecular formula is C21H24ClN3O5. The van der Waals surface area contributed by atoms with Crippen molar-refractivity contribution in [3.05, 3.63) is 53.3 Å². The molecule has 1 heterocycles. The lowest BCUT2D eigenvalue weighted by molar-refractivity contribution is -0.150. The van der Waals surface area contributed by atoms with Crippen LogP contribution in [-0.2, 0) is 14.3 Å². The fourth-order valence-electron chi connectivity index (χ4n) is 2.54. The van der Waals surface area contributed by atoms with Gasteiger partial charge in [-0.3, -0.25) is 9.59 Å². The van der Waals surface area contributed by atoms with E-state index in [1.54, 1.807) is 50.2 Å². The van der Waals surface area contributed by atoms with Crippen molar-refractivity contribution in [3.63, 3.8) is 0 Å². The van der Waals surface area contributed by atoms with Crippen LogP contribution in [0.5, 0.6) is 5.75 Å². The zero-order valence-corrected chi connectivity index (χ0v) is 17.7. The summed E-state index contributed by atoms with van der Waals surface area (Å²) in [6.07, 6.45) is 1.48. The van der Waals surface area contributed by atoms with E-state index >= 15 is 0 Å². The Hall–Kier alpha value is -3.13. The monoisotopic (exact) mass is 433 g/mol. The van der Waals surface area contributed by atoms with Crippen LogP contribution in [-0.4, -0.2) is 42.0 Å². The third kappa shape index (κ3) is 6.45. The van der Waals surface area contributed by atoms with E-state index in [1.807, 2.05) is 6.92 Å². The summed E-state index contributed by atoms with van der Waals surface area (Å²) in [5, 5.41) is 5.29. The SMILES string of the molecule is CCOc1ccccc1C(=O)N[C@@H](C(=O)OCC(=O)Nc1cccnc1Cl)C(C)C. The summed E-state index contributed by atoms with van der Waals surface area (Å²) in [6.45, 7) is 5.20. The van der Waals surface area contributed by atoms with E-state index in [9.17, 15) is 14.4 Å². The topological polar surface area (TPSA) is 107 Å². The molecule has 1 atom stereocenters. The van der Waals surface area contributed by atoms with Crippen molar-refractivity contribution in [2.45, 2.75) is 26.8 Å². The molecule has 0 saturated heterocycles. The molecule has 0 unspecified atom stereocenters. The molecule has 1 aromatic carbocycles. The van der Waals surface area contributed by atoms with Gasteiger partial charge >= 0.3 is 5.97 Å². The summed E-state index contributed by atoms with van der Waals surface area (Å²) in [6, 6.07) is 8.97. The second-order valence-corrected chi connectivity index (χ2v) is 6.98. The molecule has 0 aliphatic heterocycles. The van der Waals surface area contributed by atoms with E-state index in [4.69, 9.17) is 21.1 Å². The normalized spacial score (nSPS) is 11.5. The molecule has 1 aromatic heterocycles. The van der Waals surface area contributed by atoms with E-state index in [1.165, 1.54) is 6.20 Å². The van der Waals surface area contributed by atoms with Crippen molar-refractivity contribution < 1.29 is 23.9 Å². The lowest BCUT2D eigenvalue weighted by Crippen LogP contribution is -2.46. The van der Waals surface area contributed by atoms with Crippen molar-refractivity contribution in [2.75, 3.05) is 18.5 Å². The van der Waals surface area contributed by atoms with Crippen LogP contribution in [0.1, 0.15) is 31.1 Å². The number of hydrogen-bond donors (Lipinski definition) is 2. The average molecular weight is 434 g/mol. The Morgan fingerprint density at radius 2 is 1.87 bits per heavy atom. The predicted octanol–water partition coefficient (Wildman–Crippen LogP) is 3.07. The highest BCUT2D eigenvalue weighted by Crippen LogP contribution is 2.19. The van der Waals surface area contributed by atoms with Gasteiger partial charge in [-0.1, -0.05) is 37.6 Å². The molecule has 0 saturated carbocycles. The number of nitrogens with zero attached hydrogens (tertiary/aromatic N) is 1. The number of carbonyl (C=O) groups is 3. The summed E-state index contributed by atoms with van der Waals surface area (Å²) in [4.78, 5) is 41.1. The van der Waals surface area contributed by atoms with Gasteiger partial charge in [-0.2, -0.15) is 0 Å². The van der Waals surface area contributed by atoms with Gasteiger partial charge in [0.1, 0.15) is 11.8 Å². The zero-order valence-electron chi connectivity index (χ0n) is 17.0. The van der Waals surface area contributed by atoms with Crippen molar-refractivity contribution in [3.8, 4) is 5.75 Å². The molecule has 2 aromatic rings. The number of carbonyl (C=O) groups excluding carboxylic acids is 3. The molecule has 0 fully saturated rings. The smallest absolute Gasteiger partial charge is 0.329 e. The minimum atomic E-state index is -0.943. The minimum absolute atomic E-state index is 0.123. The van der Waals surface area contributed by atoms with Gasteiger partial charge in [0.05, 0.1) is 17.9 Å². The van der Waals surface area contributed by atoms with Gasteiger partial charge in [0.2, 0.25) is 0 Å². The number of pyridine rings is 1. The Morgan fingerprint density at radius 3 is 2.53 bits per heavy atom. The molecule has 30 heavy (non-hydrogen) atoms. The molecule has 2 rings (SSSR count). The average Bonchev–Trinajstić information content (AvgIpc) is 2.72. The van der Waals surface area contributed by atoms with Crippen LogP contribution in [0.2, 0.25) is 5.15 Å². The molecule has 2 N–H and O–H groups in total. The van der Waals surface area contributed by atoms with Gasteiger partial charge in [0, 0.05) is 6.20 Å². The highest BCUT2D eigenvalue weighted by Gasteiger charge is 2.27. The first-order chi connectivity index (χ1) is 14.3. The number of benzene rings is 1. The van der Waals surface area contributed by atoms with E-state index in [-0.39, 0.29) is 11.1 Å². The Bertz CT molecular complexity index is 904. The standard InChI is InChI=1S/C21H24ClN3O5/c1-4-29-16-10-6-5-8-14(16)20(27)25-18(13(2)3)21(28)30-12-17(26)24-15-9-7-11-23-19(15)22/h5-11,13,18H,4,12H2,1-3H3,(H,24,26)(H,25,27)/t18-/m1/s1. The maximum atomic E-state index is 12.7. The third-order valence-electron chi connectivity index (χ3n) is 4.02. The summed E-state index contributed by atoms with van der Waals surface area (Å²) >= 11 is 5.88. The molecule has 0 aliphatic carbocycles. The van der Waals surface area contributed by atoms with Gasteiger partial charge in [0.25, 0.3) is 11.8 Å². The quantitative estimate of drug-likeness (QED) is 0.465. The Kier molecular flexibility index (Phi) is 8.61. The zero-order chi connectivity index (χ0) is 22.1. The summed E-state index contributed by atoms with van der Waals surface area (Å²) in [5.41, 5.74) is 0.614. The number of amides is 2. The number of halogens is 1. The van der Waals surface area contributed by atoms with Crippen LogP contribution in [0.15, 0.2) is 42.6 Å². The third-order valence-corrected chi connectivity index (χ3v) is 4.32. The number of anilines is 1. The van der Waals surface area contributed by atoms with Crippen LogP contribution in [0.25, 0.3) is 0 Å². The highest BCUT2D eigenvalue weighted by molar-refractivity contribution is 6.32. The first-order valence-electron chi connectivity index (χ1n) is 9.43. The van der Waals surface area contributed by atoms with Gasteiger partial charge in [-0.05, 0) is 37.1 Å². The minimum Gasteiger partial charge on any atom is -0.493 e. The number of nitrogens with one attached hydrogen (secondary N) is 2. The first kappa shape index (κ1) is 23.2. The fraction of sp³-hybridized carbons (Fsp3) is 0.333. The van der Waals surface area contributed by atoms with E-state index in [0.717, 1.165) is 0 Å². The molecule has 9 heteroatoms. The fourth-order valence-corrected chi connectivity index (χ4v) is 2.71. The maximum Gasteiger partial charge on any atom is 0.329 e. The Morgan fingerprint density at radius 1 is 1.13 bits per heavy atom. The van der Waals surface area contributed by atoms with Gasteiger partial charge in [0.15, 0.2) is 11.8 Å². The number of ether oxygens (including phenoxy) is 2. The van der Waals surface area contributed by atoms with Gasteiger partial charge in [-0.25, -0.2) is 9.78 Å². The summed E-state index contributed by atoms with van der Waals surface area (Å²) < 4.78 is 10.6. The molecular weight excluding hydrogens is 410 g/mol. The van der Waals surface area contributed by atoms with Gasteiger partial charge in [-0.15, -0.1) is 0 Å². The van der Waals surface area contributed by atoms with Crippen molar-refractivity contribution in [2.24, 2.45) is 5.92 Å². The van der Waals surface area contributed by atoms with Gasteiger partial charge < -0.3 is 20.1 Å². The summed E-state index contributed by atoms with van der Waals surface area (Å²) in [7, 11) is 0. The van der Waals surface area contributed by atoms with Crippen LogP contribution < -0.4 is 15.4 Å². The molecule has 0 spiro atoms. The molecule has 0 aliphatic rings. The van der Waals surface area contributed by atoms with Crippen molar-refractivity contribution in [1.82, 2.24) is 10.3 Å². The number of para-hydroxylation sites is 1. The Labute approximate surface area is 179 Å². The van der Waals surface area contributed by atoms with Crippen molar-refractivity contribution >= 4 is 35.1 Å². The van der Waals surface area contributed by atoms with Crippen LogP contribution >= 0.6 is 11.6 Å². The number of aromatic nitrogens is 1. The second kappa shape index (κ2) is 11.2. The highest BCUT2D eigenvalue weighted by atomic mass is 35.5. The second-order valence-electron chi connectivity index (χ2n) is 6.62. The van der Waals surface area contributed by atoms with Crippen molar-refractivity contribution in [1.29, 1.82) is 0 Å². The number of esters is 1. The molecule has 160 valence electrons. The molecule has 0 bridgehead atoms. The largest absolute Gasteiger partial charge is 0.493 e. The summed E-state index contributed by atoms with van der Waals surface area (Å²) in [5.74, 6) is -1.62. The lowest BCUT2D eigenvalue weighted by atomic mass is 10.0. The molecule has 8 nitrogen and oxygen atoms in total.